The minimum atomic E-state index is -0.845. The first-order valence-electron chi connectivity index (χ1n) is 30.3. The van der Waals surface area contributed by atoms with E-state index in [0.29, 0.717) is 19.4 Å². The number of hydrogen-bond acceptors (Lipinski definition) is 5. The quantitative estimate of drug-likeness (QED) is 0.0321. The van der Waals surface area contributed by atoms with Crippen LogP contribution in [-0.4, -0.2) is 47.4 Å². The number of unbranched alkanes of at least 4 members (excludes halogenated alkanes) is 41. The first kappa shape index (κ1) is 66.1. The molecule has 0 rings (SSSR count). The molecule has 0 saturated carbocycles. The molecule has 6 heteroatoms. The van der Waals surface area contributed by atoms with E-state index in [1.54, 1.807) is 6.08 Å². The second kappa shape index (κ2) is 57.7. The summed E-state index contributed by atoms with van der Waals surface area (Å²) in [4.78, 5) is 24.5. The second-order valence-electron chi connectivity index (χ2n) is 20.7. The molecule has 400 valence electrons. The monoisotopic (exact) mass is 956 g/mol. The van der Waals surface area contributed by atoms with Crippen LogP contribution >= 0.6 is 0 Å². The minimum absolute atomic E-state index is 0.00331. The Morgan fingerprint density at radius 2 is 0.750 bits per heavy atom. The number of ether oxygens (including phenoxy) is 1. The number of aliphatic hydroxyl groups is 2. The van der Waals surface area contributed by atoms with E-state index in [0.717, 1.165) is 51.4 Å². The number of hydrogen-bond donors (Lipinski definition) is 3. The number of esters is 1. The van der Waals surface area contributed by atoms with Crippen molar-refractivity contribution in [3.8, 4) is 0 Å². The van der Waals surface area contributed by atoms with Crippen LogP contribution in [0.5, 0.6) is 0 Å². The second-order valence-corrected chi connectivity index (χ2v) is 20.7. The van der Waals surface area contributed by atoms with Gasteiger partial charge in [-0.1, -0.05) is 288 Å². The van der Waals surface area contributed by atoms with Crippen LogP contribution in [0.3, 0.4) is 0 Å². The van der Waals surface area contributed by atoms with Gasteiger partial charge in [0.2, 0.25) is 5.91 Å². The van der Waals surface area contributed by atoms with Gasteiger partial charge in [0, 0.05) is 12.8 Å². The van der Waals surface area contributed by atoms with Crippen molar-refractivity contribution < 1.29 is 24.5 Å². The van der Waals surface area contributed by atoms with Crippen LogP contribution in [-0.2, 0) is 14.3 Å². The van der Waals surface area contributed by atoms with E-state index in [4.69, 9.17) is 4.74 Å². The molecule has 2 unspecified atom stereocenters. The molecule has 0 aliphatic heterocycles. The van der Waals surface area contributed by atoms with Gasteiger partial charge in [0.25, 0.3) is 0 Å². The molecule has 2 atom stereocenters. The summed E-state index contributed by atoms with van der Waals surface area (Å²) in [6.07, 6.45) is 71.7. The van der Waals surface area contributed by atoms with E-state index in [-0.39, 0.29) is 18.5 Å². The van der Waals surface area contributed by atoms with E-state index in [1.165, 1.54) is 244 Å². The van der Waals surface area contributed by atoms with Crippen LogP contribution < -0.4 is 5.32 Å². The standard InChI is InChI=1S/C62H117NO5/c1-3-5-7-9-11-13-15-17-19-27-30-34-38-42-46-50-54-60(65)59(58-64)63-61(66)55-51-47-43-39-35-31-28-25-23-21-20-22-24-26-29-33-37-41-45-49-53-57-68-62(67)56-52-48-44-40-36-32-18-16-14-12-10-8-6-4-2/h10,12,16,18,50,54,59-60,64-65H,3-9,11,13-15,17,19-49,51-53,55-58H2,1-2H3,(H,63,66)/b12-10-,18-16-,54-50+. The van der Waals surface area contributed by atoms with Crippen molar-refractivity contribution in [1.29, 1.82) is 0 Å². The van der Waals surface area contributed by atoms with Crippen molar-refractivity contribution in [2.45, 2.75) is 334 Å². The summed E-state index contributed by atoms with van der Waals surface area (Å²) < 4.78 is 5.47. The van der Waals surface area contributed by atoms with Crippen LogP contribution in [0.4, 0.5) is 0 Å². The molecule has 0 aromatic carbocycles. The molecule has 0 heterocycles. The molecule has 3 N–H and O–H groups in total. The van der Waals surface area contributed by atoms with E-state index >= 15 is 0 Å². The number of rotatable bonds is 56. The van der Waals surface area contributed by atoms with Crippen molar-refractivity contribution in [2.75, 3.05) is 13.2 Å². The van der Waals surface area contributed by atoms with Gasteiger partial charge >= 0.3 is 5.97 Å². The van der Waals surface area contributed by atoms with Crippen molar-refractivity contribution in [2.24, 2.45) is 0 Å². The highest BCUT2D eigenvalue weighted by atomic mass is 16.5. The number of carbonyl (C=O) groups is 2. The SMILES string of the molecule is CCCC/C=C\C/C=C\CCCCCCCC(=O)OCCCCCCCCCCCCCCCCCCCCCCCC(=O)NC(CO)C(O)/C=C/CCCCCCCCCCCCCCCC. The fourth-order valence-corrected chi connectivity index (χ4v) is 9.24. The highest BCUT2D eigenvalue weighted by Gasteiger charge is 2.18. The molecule has 1 amide bonds. The molecule has 0 aliphatic carbocycles. The van der Waals surface area contributed by atoms with E-state index in [1.807, 2.05) is 6.08 Å². The summed E-state index contributed by atoms with van der Waals surface area (Å²) in [6, 6.07) is -0.629. The smallest absolute Gasteiger partial charge is 0.305 e. The van der Waals surface area contributed by atoms with Crippen molar-refractivity contribution >= 4 is 11.9 Å². The third-order valence-corrected chi connectivity index (χ3v) is 13.9. The largest absolute Gasteiger partial charge is 0.466 e. The van der Waals surface area contributed by atoms with Gasteiger partial charge in [-0.05, 0) is 57.8 Å². The Morgan fingerprint density at radius 1 is 0.412 bits per heavy atom. The zero-order chi connectivity index (χ0) is 49.3. The fraction of sp³-hybridized carbons (Fsp3) is 0.871. The maximum atomic E-state index is 12.5. The van der Waals surface area contributed by atoms with Gasteiger partial charge in [-0.25, -0.2) is 0 Å². The maximum absolute atomic E-state index is 12.5. The molecular formula is C62H117NO5. The number of nitrogens with one attached hydrogen (secondary N) is 1. The van der Waals surface area contributed by atoms with Gasteiger partial charge in [-0.3, -0.25) is 9.59 Å². The molecule has 0 spiro atoms. The highest BCUT2D eigenvalue weighted by Crippen LogP contribution is 2.17. The normalized spacial score (nSPS) is 12.8. The molecule has 0 radical (unpaired) electrons. The van der Waals surface area contributed by atoms with E-state index in [2.05, 4.69) is 43.5 Å². The third kappa shape index (κ3) is 53.4. The minimum Gasteiger partial charge on any atom is -0.466 e. The van der Waals surface area contributed by atoms with Crippen LogP contribution in [0.2, 0.25) is 0 Å². The van der Waals surface area contributed by atoms with Gasteiger partial charge in [0.1, 0.15) is 0 Å². The first-order chi connectivity index (χ1) is 33.5. The molecule has 0 aromatic heterocycles. The van der Waals surface area contributed by atoms with Crippen molar-refractivity contribution in [1.82, 2.24) is 5.32 Å². The third-order valence-electron chi connectivity index (χ3n) is 13.9. The Bertz CT molecular complexity index is 1100. The zero-order valence-electron chi connectivity index (χ0n) is 45.6. The van der Waals surface area contributed by atoms with Gasteiger partial charge in [-0.15, -0.1) is 0 Å². The highest BCUT2D eigenvalue weighted by molar-refractivity contribution is 5.76. The molecule has 0 saturated heterocycles. The molecule has 68 heavy (non-hydrogen) atoms. The summed E-state index contributed by atoms with van der Waals surface area (Å²) in [5, 5.41) is 23.1. The summed E-state index contributed by atoms with van der Waals surface area (Å²) in [6.45, 7) is 4.87. The van der Waals surface area contributed by atoms with E-state index < -0.39 is 12.1 Å². The Morgan fingerprint density at radius 3 is 1.16 bits per heavy atom. The average Bonchev–Trinajstić information content (AvgIpc) is 3.34. The lowest BCUT2D eigenvalue weighted by molar-refractivity contribution is -0.143. The molecule has 0 bridgehead atoms. The van der Waals surface area contributed by atoms with Crippen molar-refractivity contribution in [3.63, 3.8) is 0 Å². The molecule has 0 aromatic rings. The summed E-state index contributed by atoms with van der Waals surface area (Å²) >= 11 is 0. The van der Waals surface area contributed by atoms with Crippen LogP contribution in [0.25, 0.3) is 0 Å². The lowest BCUT2D eigenvalue weighted by atomic mass is 10.0. The van der Waals surface area contributed by atoms with Crippen molar-refractivity contribution in [3.05, 3.63) is 36.5 Å². The predicted molar refractivity (Wildman–Crippen MR) is 296 cm³/mol. The Balaban J connectivity index is 3.42. The van der Waals surface area contributed by atoms with Gasteiger partial charge < -0.3 is 20.3 Å². The van der Waals surface area contributed by atoms with Crippen LogP contribution in [0.15, 0.2) is 36.5 Å². The van der Waals surface area contributed by atoms with E-state index in [9.17, 15) is 19.8 Å². The summed E-state index contributed by atoms with van der Waals surface area (Å²) in [7, 11) is 0. The van der Waals surface area contributed by atoms with Crippen LogP contribution in [0.1, 0.15) is 322 Å². The zero-order valence-corrected chi connectivity index (χ0v) is 45.6. The number of allylic oxidation sites excluding steroid dienone is 5. The lowest BCUT2D eigenvalue weighted by Crippen LogP contribution is -2.45. The number of amides is 1. The Kier molecular flexibility index (Phi) is 56.0. The number of aliphatic hydroxyl groups excluding tert-OH is 2. The predicted octanol–water partition coefficient (Wildman–Crippen LogP) is 18.8. The van der Waals surface area contributed by atoms with Crippen LogP contribution in [0, 0.1) is 0 Å². The number of carbonyl (C=O) groups excluding carboxylic acids is 2. The molecule has 0 fully saturated rings. The summed E-state index contributed by atoms with van der Waals surface area (Å²) in [5.74, 6) is -0.0712. The maximum Gasteiger partial charge on any atom is 0.305 e. The van der Waals surface area contributed by atoms with Gasteiger partial charge in [0.15, 0.2) is 0 Å². The summed E-state index contributed by atoms with van der Waals surface area (Å²) in [5.41, 5.74) is 0. The Hall–Kier alpha value is -1.92. The lowest BCUT2D eigenvalue weighted by Gasteiger charge is -2.20. The Labute approximate surface area is 424 Å². The molecular weight excluding hydrogens is 839 g/mol. The first-order valence-corrected chi connectivity index (χ1v) is 30.3. The average molecular weight is 957 g/mol. The van der Waals surface area contributed by atoms with Gasteiger partial charge in [-0.2, -0.15) is 0 Å². The molecule has 6 nitrogen and oxygen atoms in total. The molecule has 0 aliphatic rings. The fourth-order valence-electron chi connectivity index (χ4n) is 9.24. The topological polar surface area (TPSA) is 95.9 Å². The van der Waals surface area contributed by atoms with Gasteiger partial charge in [0.05, 0.1) is 25.4 Å².